The van der Waals surface area contributed by atoms with Gasteiger partial charge in [0.2, 0.25) is 5.91 Å². The van der Waals surface area contributed by atoms with Crippen LogP contribution in [0.3, 0.4) is 0 Å². The fourth-order valence-corrected chi connectivity index (χ4v) is 4.51. The summed E-state index contributed by atoms with van der Waals surface area (Å²) < 4.78 is 0. The molecule has 1 aliphatic heterocycles. The van der Waals surface area contributed by atoms with E-state index in [1.54, 1.807) is 12.1 Å². The van der Waals surface area contributed by atoms with Crippen LogP contribution in [0.1, 0.15) is 35.6 Å². The molecule has 1 fully saturated rings. The molecule has 2 aliphatic rings. The summed E-state index contributed by atoms with van der Waals surface area (Å²) in [7, 11) is 0. The van der Waals surface area contributed by atoms with Gasteiger partial charge in [0.25, 0.3) is 0 Å². The summed E-state index contributed by atoms with van der Waals surface area (Å²) in [4.78, 5) is 15.1. The average Bonchev–Trinajstić information content (AvgIpc) is 3.05. The lowest BCUT2D eigenvalue weighted by atomic mass is 9.98. The fraction of sp³-hybridized carbons (Fsp3) is 0.435. The summed E-state index contributed by atoms with van der Waals surface area (Å²) >= 11 is 6.09. The third-order valence-corrected chi connectivity index (χ3v) is 6.17. The van der Waals surface area contributed by atoms with Crippen molar-refractivity contribution in [1.29, 1.82) is 0 Å². The fourth-order valence-electron chi connectivity index (χ4n) is 4.31. The average molecular weight is 399 g/mol. The smallest absolute Gasteiger partial charge is 0.220 e. The number of likely N-dealkylation sites (tertiary alicyclic amines) is 1. The number of amides is 1. The van der Waals surface area contributed by atoms with Gasteiger partial charge < -0.3 is 15.3 Å². The number of carbonyl (C=O) groups is 1. The van der Waals surface area contributed by atoms with E-state index in [4.69, 9.17) is 11.6 Å². The zero-order chi connectivity index (χ0) is 19.5. The molecule has 148 valence electrons. The summed E-state index contributed by atoms with van der Waals surface area (Å²) in [6.45, 7) is 2.70. The maximum absolute atomic E-state index is 12.8. The van der Waals surface area contributed by atoms with Gasteiger partial charge in [0.15, 0.2) is 0 Å². The van der Waals surface area contributed by atoms with Gasteiger partial charge in [0, 0.05) is 18.0 Å². The number of hydrogen-bond donors (Lipinski definition) is 2. The van der Waals surface area contributed by atoms with Gasteiger partial charge in [-0.05, 0) is 67.1 Å². The van der Waals surface area contributed by atoms with E-state index in [9.17, 15) is 9.90 Å². The van der Waals surface area contributed by atoms with Crippen LogP contribution in [0.15, 0.2) is 48.5 Å². The number of rotatable bonds is 7. The second-order valence-electron chi connectivity index (χ2n) is 8.08. The molecule has 2 aromatic carbocycles. The monoisotopic (exact) mass is 398 g/mol. The maximum Gasteiger partial charge on any atom is 0.220 e. The van der Waals surface area contributed by atoms with E-state index in [0.717, 1.165) is 31.5 Å². The molecule has 0 bridgehead atoms. The van der Waals surface area contributed by atoms with Crippen LogP contribution in [-0.2, 0) is 17.6 Å². The quantitative estimate of drug-likeness (QED) is 0.751. The summed E-state index contributed by atoms with van der Waals surface area (Å²) in [5, 5.41) is 14.6. The molecule has 2 aromatic rings. The van der Waals surface area contributed by atoms with E-state index in [-0.39, 0.29) is 11.9 Å². The molecule has 1 aliphatic carbocycles. The number of fused-ring (bicyclic) bond motifs is 1. The summed E-state index contributed by atoms with van der Waals surface area (Å²) in [6, 6.07) is 15.4. The van der Waals surface area contributed by atoms with E-state index in [1.165, 1.54) is 17.5 Å². The summed E-state index contributed by atoms with van der Waals surface area (Å²) in [5.74, 6) is 0.356. The molecule has 0 saturated carbocycles. The van der Waals surface area contributed by atoms with Crippen LogP contribution in [0.25, 0.3) is 0 Å². The van der Waals surface area contributed by atoms with Gasteiger partial charge >= 0.3 is 0 Å². The Morgan fingerprint density at radius 2 is 1.86 bits per heavy atom. The molecule has 1 amide bonds. The Morgan fingerprint density at radius 1 is 1.14 bits per heavy atom. The number of nitrogens with zero attached hydrogens (tertiary/aromatic N) is 1. The largest absolute Gasteiger partial charge is 0.386 e. The number of hydrogen-bond acceptors (Lipinski definition) is 3. The Labute approximate surface area is 171 Å². The minimum atomic E-state index is -0.774. The Bertz CT molecular complexity index is 812. The van der Waals surface area contributed by atoms with Crippen molar-refractivity contribution < 1.29 is 9.90 Å². The first kappa shape index (κ1) is 19.4. The topological polar surface area (TPSA) is 52.6 Å². The van der Waals surface area contributed by atoms with Crippen molar-refractivity contribution in [3.8, 4) is 0 Å². The second-order valence-corrected chi connectivity index (χ2v) is 8.51. The van der Waals surface area contributed by atoms with Gasteiger partial charge in [0.05, 0.1) is 6.04 Å². The van der Waals surface area contributed by atoms with Crippen molar-refractivity contribution >= 4 is 17.5 Å². The van der Waals surface area contributed by atoms with Crippen LogP contribution in [0.2, 0.25) is 5.02 Å². The highest BCUT2D eigenvalue weighted by molar-refractivity contribution is 6.30. The standard InChI is InChI=1S/C23H27ClN2O2/c24-20-8-3-7-19(14-20)23(28)21(15-26-9-4-10-26)25-22(27)13-16-11-17-5-1-2-6-18(17)12-16/h1-3,5-8,14,16,21,23,28H,4,9-13,15H2,(H,25,27)/t21-,23-/m1/s1. The third kappa shape index (κ3) is 4.57. The van der Waals surface area contributed by atoms with Crippen molar-refractivity contribution in [2.45, 2.75) is 37.8 Å². The Kier molecular flexibility index (Phi) is 6.00. The first-order valence-corrected chi connectivity index (χ1v) is 10.5. The highest BCUT2D eigenvalue weighted by atomic mass is 35.5. The molecule has 1 saturated heterocycles. The van der Waals surface area contributed by atoms with Crippen molar-refractivity contribution in [2.24, 2.45) is 5.92 Å². The number of halogens is 1. The molecular formula is C23H27ClN2O2. The highest BCUT2D eigenvalue weighted by Crippen LogP contribution is 2.29. The van der Waals surface area contributed by atoms with Gasteiger partial charge in [-0.2, -0.15) is 0 Å². The van der Waals surface area contributed by atoms with Gasteiger partial charge in [-0.1, -0.05) is 48.0 Å². The molecule has 28 heavy (non-hydrogen) atoms. The first-order chi connectivity index (χ1) is 13.6. The van der Waals surface area contributed by atoms with Gasteiger partial charge in [-0.15, -0.1) is 0 Å². The van der Waals surface area contributed by atoms with Gasteiger partial charge in [-0.25, -0.2) is 0 Å². The van der Waals surface area contributed by atoms with Crippen molar-refractivity contribution in [3.63, 3.8) is 0 Å². The molecule has 4 nitrogen and oxygen atoms in total. The van der Waals surface area contributed by atoms with Crippen LogP contribution in [0, 0.1) is 5.92 Å². The molecule has 0 spiro atoms. The van der Waals surface area contributed by atoms with Crippen LogP contribution in [0.4, 0.5) is 0 Å². The maximum atomic E-state index is 12.8. The van der Waals surface area contributed by atoms with E-state index in [0.29, 0.717) is 23.9 Å². The van der Waals surface area contributed by atoms with E-state index >= 15 is 0 Å². The lowest BCUT2D eigenvalue weighted by Crippen LogP contribution is -2.51. The predicted octanol–water partition coefficient (Wildman–Crippen LogP) is 3.37. The molecule has 0 radical (unpaired) electrons. The van der Waals surface area contributed by atoms with E-state index < -0.39 is 6.10 Å². The lowest BCUT2D eigenvalue weighted by Gasteiger charge is -2.36. The highest BCUT2D eigenvalue weighted by Gasteiger charge is 2.29. The zero-order valence-corrected chi connectivity index (χ0v) is 16.7. The van der Waals surface area contributed by atoms with Crippen LogP contribution in [0.5, 0.6) is 0 Å². The zero-order valence-electron chi connectivity index (χ0n) is 16.0. The minimum absolute atomic E-state index is 0.0180. The molecule has 5 heteroatoms. The number of aliphatic hydroxyl groups excluding tert-OH is 1. The minimum Gasteiger partial charge on any atom is -0.386 e. The number of nitrogens with one attached hydrogen (secondary N) is 1. The Hall–Kier alpha value is -1.88. The number of benzene rings is 2. The van der Waals surface area contributed by atoms with Crippen LogP contribution >= 0.6 is 11.6 Å². The molecular weight excluding hydrogens is 372 g/mol. The molecule has 2 N–H and O–H groups in total. The van der Waals surface area contributed by atoms with Crippen molar-refractivity contribution in [2.75, 3.05) is 19.6 Å². The molecule has 0 unspecified atom stereocenters. The van der Waals surface area contributed by atoms with E-state index in [2.05, 4.69) is 34.5 Å². The van der Waals surface area contributed by atoms with Gasteiger partial charge in [0.1, 0.15) is 6.10 Å². The predicted molar refractivity (Wildman–Crippen MR) is 111 cm³/mol. The Morgan fingerprint density at radius 3 is 2.46 bits per heavy atom. The van der Waals surface area contributed by atoms with Crippen LogP contribution in [-0.4, -0.2) is 41.6 Å². The molecule has 0 aromatic heterocycles. The normalized spacial score (nSPS) is 18.9. The van der Waals surface area contributed by atoms with Crippen LogP contribution < -0.4 is 5.32 Å². The van der Waals surface area contributed by atoms with Gasteiger partial charge in [-0.3, -0.25) is 4.79 Å². The SMILES string of the molecule is O=C(CC1Cc2ccccc2C1)N[C@H](CN1CCC1)[C@H](O)c1cccc(Cl)c1. The lowest BCUT2D eigenvalue weighted by molar-refractivity contribution is -0.123. The third-order valence-electron chi connectivity index (χ3n) is 5.93. The molecule has 2 atom stereocenters. The number of carbonyl (C=O) groups excluding carboxylic acids is 1. The molecule has 1 heterocycles. The molecule has 4 rings (SSSR count). The number of aliphatic hydroxyl groups is 1. The van der Waals surface area contributed by atoms with E-state index in [1.807, 2.05) is 12.1 Å². The summed E-state index contributed by atoms with van der Waals surface area (Å²) in [5.41, 5.74) is 3.46. The summed E-state index contributed by atoms with van der Waals surface area (Å²) in [6.07, 6.45) is 2.81. The van der Waals surface area contributed by atoms with Crippen molar-refractivity contribution in [3.05, 3.63) is 70.2 Å². The first-order valence-electron chi connectivity index (χ1n) is 10.1. The van der Waals surface area contributed by atoms with Crippen molar-refractivity contribution in [1.82, 2.24) is 10.2 Å². The Balaban J connectivity index is 1.39. The second kappa shape index (κ2) is 8.64.